The number of nitrogens with zero attached hydrogens (tertiary/aromatic N) is 1. The highest BCUT2D eigenvalue weighted by atomic mass is 32.2. The minimum atomic E-state index is -2.89. The molecule has 1 aromatic rings. The summed E-state index contributed by atoms with van der Waals surface area (Å²) in [6, 6.07) is 7.68. The zero-order valence-electron chi connectivity index (χ0n) is 11.4. The van der Waals surface area contributed by atoms with Gasteiger partial charge in [-0.15, -0.1) is 0 Å². The van der Waals surface area contributed by atoms with E-state index in [1.807, 2.05) is 43.1 Å². The first kappa shape index (κ1) is 14.3. The van der Waals surface area contributed by atoms with Crippen molar-refractivity contribution < 1.29 is 13.5 Å². The van der Waals surface area contributed by atoms with Crippen LogP contribution in [0.1, 0.15) is 31.4 Å². The van der Waals surface area contributed by atoms with Gasteiger partial charge < -0.3 is 10.0 Å². The van der Waals surface area contributed by atoms with Gasteiger partial charge in [0, 0.05) is 24.3 Å². The van der Waals surface area contributed by atoms with Crippen molar-refractivity contribution in [1.82, 2.24) is 0 Å². The monoisotopic (exact) mass is 283 g/mol. The van der Waals surface area contributed by atoms with Gasteiger partial charge in [0.25, 0.3) is 0 Å². The fourth-order valence-electron chi connectivity index (χ4n) is 2.59. The second-order valence-corrected chi connectivity index (χ2v) is 7.38. The van der Waals surface area contributed by atoms with E-state index < -0.39 is 15.9 Å². The summed E-state index contributed by atoms with van der Waals surface area (Å²) in [7, 11) is -0.982. The highest BCUT2D eigenvalue weighted by Gasteiger charge is 2.31. The maximum Gasteiger partial charge on any atom is 0.152 e. The number of benzene rings is 1. The maximum atomic E-state index is 11.6. The predicted molar refractivity (Wildman–Crippen MR) is 77.2 cm³/mol. The van der Waals surface area contributed by atoms with Crippen molar-refractivity contribution >= 4 is 15.5 Å². The molecule has 2 rings (SSSR count). The van der Waals surface area contributed by atoms with Crippen molar-refractivity contribution in [1.29, 1.82) is 0 Å². The molecule has 0 spiro atoms. The quantitative estimate of drug-likeness (QED) is 0.914. The average molecular weight is 283 g/mol. The van der Waals surface area contributed by atoms with E-state index in [9.17, 15) is 13.5 Å². The van der Waals surface area contributed by atoms with Crippen LogP contribution in [0.5, 0.6) is 0 Å². The van der Waals surface area contributed by atoms with E-state index in [-0.39, 0.29) is 17.5 Å². The average Bonchev–Trinajstić information content (AvgIpc) is 2.77. The SMILES string of the molecule is CC[C@@H](O)c1ccccc1N(C)C1CCS(=O)(=O)C1. The lowest BCUT2D eigenvalue weighted by atomic mass is 10.0. The Kier molecular flexibility index (Phi) is 4.16. The molecule has 0 bridgehead atoms. The molecule has 19 heavy (non-hydrogen) atoms. The summed E-state index contributed by atoms with van der Waals surface area (Å²) in [5.41, 5.74) is 1.80. The molecule has 1 fully saturated rings. The number of para-hydroxylation sites is 1. The maximum absolute atomic E-state index is 11.6. The van der Waals surface area contributed by atoms with E-state index in [1.54, 1.807) is 0 Å². The Morgan fingerprint density at radius 3 is 2.68 bits per heavy atom. The molecule has 1 N–H and O–H groups in total. The Hall–Kier alpha value is -1.07. The van der Waals surface area contributed by atoms with Crippen molar-refractivity contribution in [3.63, 3.8) is 0 Å². The molecule has 1 aliphatic rings. The second-order valence-electron chi connectivity index (χ2n) is 5.15. The van der Waals surface area contributed by atoms with Gasteiger partial charge in [0.1, 0.15) is 0 Å². The third kappa shape index (κ3) is 3.09. The summed E-state index contributed by atoms with van der Waals surface area (Å²) in [6.07, 6.45) is 0.806. The number of sulfone groups is 1. The third-order valence-corrected chi connectivity index (χ3v) is 5.57. The molecular formula is C14H21NO3S. The number of hydrogen-bond acceptors (Lipinski definition) is 4. The van der Waals surface area contributed by atoms with Gasteiger partial charge in [-0.1, -0.05) is 25.1 Å². The van der Waals surface area contributed by atoms with Crippen LogP contribution in [0.4, 0.5) is 5.69 Å². The van der Waals surface area contributed by atoms with E-state index in [0.717, 1.165) is 11.3 Å². The van der Waals surface area contributed by atoms with Crippen LogP contribution in [0, 0.1) is 0 Å². The molecule has 1 aromatic carbocycles. The highest BCUT2D eigenvalue weighted by molar-refractivity contribution is 7.91. The van der Waals surface area contributed by atoms with Crippen LogP contribution in [0.25, 0.3) is 0 Å². The molecule has 106 valence electrons. The lowest BCUT2D eigenvalue weighted by Crippen LogP contribution is -2.33. The standard InChI is InChI=1S/C14H21NO3S/c1-3-14(16)12-6-4-5-7-13(12)15(2)11-8-9-19(17,18)10-11/h4-7,11,14,16H,3,8-10H2,1-2H3/t11?,14-/m1/s1. The molecule has 0 saturated carbocycles. The van der Waals surface area contributed by atoms with Crippen LogP contribution in [-0.4, -0.2) is 38.1 Å². The molecule has 4 nitrogen and oxygen atoms in total. The fourth-order valence-corrected chi connectivity index (χ4v) is 4.36. The molecule has 5 heteroatoms. The molecule has 1 heterocycles. The molecule has 0 aromatic heterocycles. The first-order valence-electron chi connectivity index (χ1n) is 6.65. The smallest absolute Gasteiger partial charge is 0.152 e. The van der Waals surface area contributed by atoms with Gasteiger partial charge in [-0.3, -0.25) is 0 Å². The molecular weight excluding hydrogens is 262 g/mol. The first-order valence-corrected chi connectivity index (χ1v) is 8.47. The van der Waals surface area contributed by atoms with Gasteiger partial charge >= 0.3 is 0 Å². The summed E-state index contributed by atoms with van der Waals surface area (Å²) in [5, 5.41) is 10.1. The van der Waals surface area contributed by atoms with E-state index in [1.165, 1.54) is 0 Å². The number of aliphatic hydroxyl groups excluding tert-OH is 1. The van der Waals surface area contributed by atoms with E-state index in [0.29, 0.717) is 12.8 Å². The van der Waals surface area contributed by atoms with Crippen LogP contribution in [0.3, 0.4) is 0 Å². The van der Waals surface area contributed by atoms with Crippen LogP contribution in [0.2, 0.25) is 0 Å². The molecule has 0 amide bonds. The lowest BCUT2D eigenvalue weighted by molar-refractivity contribution is 0.174. The lowest BCUT2D eigenvalue weighted by Gasteiger charge is -2.29. The summed E-state index contributed by atoms with van der Waals surface area (Å²) in [5.74, 6) is 0.473. The summed E-state index contributed by atoms with van der Waals surface area (Å²) in [6.45, 7) is 1.93. The summed E-state index contributed by atoms with van der Waals surface area (Å²) < 4.78 is 23.2. The van der Waals surface area contributed by atoms with Crippen molar-refractivity contribution in [3.8, 4) is 0 Å². The Balaban J connectivity index is 2.27. The molecule has 0 radical (unpaired) electrons. The highest BCUT2D eigenvalue weighted by Crippen LogP contribution is 2.30. The molecule has 0 aliphatic carbocycles. The van der Waals surface area contributed by atoms with Gasteiger partial charge in [-0.2, -0.15) is 0 Å². The Morgan fingerprint density at radius 2 is 2.11 bits per heavy atom. The zero-order chi connectivity index (χ0) is 14.0. The van der Waals surface area contributed by atoms with E-state index in [2.05, 4.69) is 0 Å². The molecule has 1 unspecified atom stereocenters. The van der Waals surface area contributed by atoms with Gasteiger partial charge in [-0.05, 0) is 18.9 Å². The largest absolute Gasteiger partial charge is 0.388 e. The number of hydrogen-bond donors (Lipinski definition) is 1. The molecule has 1 aliphatic heterocycles. The van der Waals surface area contributed by atoms with Crippen LogP contribution in [-0.2, 0) is 9.84 Å². The van der Waals surface area contributed by atoms with E-state index in [4.69, 9.17) is 0 Å². The van der Waals surface area contributed by atoms with Crippen LogP contribution in [0.15, 0.2) is 24.3 Å². The normalized spacial score (nSPS) is 23.2. The summed E-state index contributed by atoms with van der Waals surface area (Å²) in [4.78, 5) is 2.00. The first-order chi connectivity index (χ1) is 8.94. The topological polar surface area (TPSA) is 57.6 Å². The van der Waals surface area contributed by atoms with Gasteiger partial charge in [0.2, 0.25) is 0 Å². The third-order valence-electron chi connectivity index (χ3n) is 3.82. The Labute approximate surface area is 115 Å². The van der Waals surface area contributed by atoms with Crippen molar-refractivity contribution in [2.75, 3.05) is 23.5 Å². The minimum absolute atomic E-state index is 0.00945. The molecule has 1 saturated heterocycles. The van der Waals surface area contributed by atoms with Crippen molar-refractivity contribution in [3.05, 3.63) is 29.8 Å². The van der Waals surface area contributed by atoms with Crippen molar-refractivity contribution in [2.45, 2.75) is 31.9 Å². The predicted octanol–water partition coefficient (Wildman–Crippen LogP) is 1.75. The molecule has 2 atom stereocenters. The fraction of sp³-hybridized carbons (Fsp3) is 0.571. The Bertz CT molecular complexity index is 541. The number of aliphatic hydroxyl groups is 1. The van der Waals surface area contributed by atoms with Crippen molar-refractivity contribution in [2.24, 2.45) is 0 Å². The number of rotatable bonds is 4. The van der Waals surface area contributed by atoms with Crippen LogP contribution < -0.4 is 4.90 Å². The van der Waals surface area contributed by atoms with E-state index >= 15 is 0 Å². The second kappa shape index (κ2) is 5.51. The van der Waals surface area contributed by atoms with Gasteiger partial charge in [0.15, 0.2) is 9.84 Å². The van der Waals surface area contributed by atoms with Crippen LogP contribution >= 0.6 is 0 Å². The number of anilines is 1. The van der Waals surface area contributed by atoms with Gasteiger partial charge in [-0.25, -0.2) is 8.42 Å². The van der Waals surface area contributed by atoms with Gasteiger partial charge in [0.05, 0.1) is 17.6 Å². The minimum Gasteiger partial charge on any atom is -0.388 e. The Morgan fingerprint density at radius 1 is 1.42 bits per heavy atom. The summed E-state index contributed by atoms with van der Waals surface area (Å²) >= 11 is 0. The zero-order valence-corrected chi connectivity index (χ0v) is 12.2.